The van der Waals surface area contributed by atoms with Gasteiger partial charge in [-0.1, -0.05) is 44.5 Å². The molecular weight excluding hydrogens is 244 g/mol. The van der Waals surface area contributed by atoms with Crippen molar-refractivity contribution < 1.29 is 0 Å². The van der Waals surface area contributed by atoms with Crippen LogP contribution in [0, 0.1) is 0 Å². The number of nitrogens with zero attached hydrogens (tertiary/aromatic N) is 1. The van der Waals surface area contributed by atoms with Gasteiger partial charge in [-0.2, -0.15) is 0 Å². The van der Waals surface area contributed by atoms with Crippen LogP contribution in [0.25, 0.3) is 0 Å². The maximum atomic E-state index is 3.49. The van der Waals surface area contributed by atoms with Crippen LogP contribution in [0.2, 0.25) is 0 Å². The first kappa shape index (κ1) is 17.2. The van der Waals surface area contributed by atoms with Gasteiger partial charge in [0.1, 0.15) is 0 Å². The Morgan fingerprint density at radius 1 is 1.05 bits per heavy atom. The fourth-order valence-corrected chi connectivity index (χ4v) is 2.54. The third-order valence-electron chi connectivity index (χ3n) is 3.99. The summed E-state index contributed by atoms with van der Waals surface area (Å²) in [7, 11) is 2.24. The first-order chi connectivity index (χ1) is 9.69. The van der Waals surface area contributed by atoms with E-state index in [0.717, 1.165) is 26.1 Å². The van der Waals surface area contributed by atoms with Crippen molar-refractivity contribution in [2.75, 3.05) is 20.1 Å². The lowest BCUT2D eigenvalue weighted by atomic mass is 10.0. The van der Waals surface area contributed by atoms with E-state index in [1.54, 1.807) is 0 Å². The number of hydrogen-bond donors (Lipinski definition) is 1. The summed E-state index contributed by atoms with van der Waals surface area (Å²) in [5.74, 6) is 0. The molecule has 1 rings (SSSR count). The summed E-state index contributed by atoms with van der Waals surface area (Å²) in [6.45, 7) is 10.1. The first-order valence-electron chi connectivity index (χ1n) is 8.16. The lowest BCUT2D eigenvalue weighted by Gasteiger charge is -2.25. The molecule has 0 aromatic heterocycles. The molecule has 0 aliphatic rings. The van der Waals surface area contributed by atoms with Gasteiger partial charge in [-0.05, 0) is 57.5 Å². The van der Waals surface area contributed by atoms with Crippen LogP contribution in [0.3, 0.4) is 0 Å². The molecule has 0 radical (unpaired) electrons. The number of hydrogen-bond acceptors (Lipinski definition) is 2. The lowest BCUT2D eigenvalue weighted by Crippen LogP contribution is -2.29. The summed E-state index contributed by atoms with van der Waals surface area (Å²) in [6.07, 6.45) is 4.87. The zero-order chi connectivity index (χ0) is 14.8. The zero-order valence-electron chi connectivity index (χ0n) is 13.8. The average molecular weight is 276 g/mol. The fourth-order valence-electron chi connectivity index (χ4n) is 2.54. The number of rotatable bonds is 10. The quantitative estimate of drug-likeness (QED) is 0.653. The van der Waals surface area contributed by atoms with Crippen molar-refractivity contribution in [3.8, 4) is 0 Å². The van der Waals surface area contributed by atoms with Crippen molar-refractivity contribution in [1.82, 2.24) is 10.2 Å². The predicted octanol–water partition coefficient (Wildman–Crippen LogP) is 3.85. The smallest absolute Gasteiger partial charge is 0.0236 e. The summed E-state index contributed by atoms with van der Waals surface area (Å²) in [5, 5.41) is 3.49. The molecule has 1 unspecified atom stereocenters. The molecule has 1 aromatic rings. The van der Waals surface area contributed by atoms with Gasteiger partial charge in [0.25, 0.3) is 0 Å². The molecule has 0 saturated heterocycles. The van der Waals surface area contributed by atoms with E-state index in [1.165, 1.54) is 30.4 Å². The van der Waals surface area contributed by atoms with Crippen molar-refractivity contribution in [1.29, 1.82) is 0 Å². The molecule has 1 N–H and O–H groups in total. The highest BCUT2D eigenvalue weighted by Gasteiger charge is 2.10. The van der Waals surface area contributed by atoms with Crippen LogP contribution in [0.4, 0.5) is 0 Å². The van der Waals surface area contributed by atoms with Crippen molar-refractivity contribution in [3.05, 3.63) is 35.4 Å². The predicted molar refractivity (Wildman–Crippen MR) is 89.1 cm³/mol. The molecule has 114 valence electrons. The van der Waals surface area contributed by atoms with Crippen LogP contribution < -0.4 is 5.32 Å². The molecule has 0 aliphatic carbocycles. The molecule has 0 heterocycles. The minimum Gasteiger partial charge on any atom is -0.316 e. The lowest BCUT2D eigenvalue weighted by molar-refractivity contribution is 0.236. The molecule has 2 nitrogen and oxygen atoms in total. The van der Waals surface area contributed by atoms with E-state index < -0.39 is 0 Å². The second-order valence-electron chi connectivity index (χ2n) is 5.82. The highest BCUT2D eigenvalue weighted by molar-refractivity contribution is 5.27. The molecule has 0 spiro atoms. The molecular formula is C18H32N2. The molecule has 0 bridgehead atoms. The third kappa shape index (κ3) is 6.06. The Kier molecular flexibility index (Phi) is 8.56. The van der Waals surface area contributed by atoms with Gasteiger partial charge in [-0.3, -0.25) is 4.90 Å². The third-order valence-corrected chi connectivity index (χ3v) is 3.99. The molecule has 0 amide bonds. The zero-order valence-corrected chi connectivity index (χ0v) is 13.8. The van der Waals surface area contributed by atoms with Crippen LogP contribution in [0.5, 0.6) is 0 Å². The van der Waals surface area contributed by atoms with Gasteiger partial charge in [0.2, 0.25) is 0 Å². The topological polar surface area (TPSA) is 15.3 Å². The van der Waals surface area contributed by atoms with Crippen molar-refractivity contribution >= 4 is 0 Å². The van der Waals surface area contributed by atoms with Crippen LogP contribution in [0.1, 0.15) is 51.2 Å². The second-order valence-corrected chi connectivity index (χ2v) is 5.82. The van der Waals surface area contributed by atoms with Crippen molar-refractivity contribution in [2.24, 2.45) is 0 Å². The fraction of sp³-hybridized carbons (Fsp3) is 0.667. The van der Waals surface area contributed by atoms with E-state index >= 15 is 0 Å². The van der Waals surface area contributed by atoms with Crippen LogP contribution in [-0.4, -0.2) is 31.1 Å². The van der Waals surface area contributed by atoms with Crippen molar-refractivity contribution in [3.63, 3.8) is 0 Å². The van der Waals surface area contributed by atoms with Crippen LogP contribution in [0.15, 0.2) is 24.3 Å². The molecule has 20 heavy (non-hydrogen) atoms. The highest BCUT2D eigenvalue weighted by atomic mass is 15.1. The summed E-state index contributed by atoms with van der Waals surface area (Å²) >= 11 is 0. The van der Waals surface area contributed by atoms with E-state index in [9.17, 15) is 0 Å². The maximum Gasteiger partial charge on any atom is 0.0236 e. The SMILES string of the molecule is CCCNCCc1ccccc1CN(C)C(C)CCC. The Morgan fingerprint density at radius 3 is 2.40 bits per heavy atom. The Bertz CT molecular complexity index is 362. The monoisotopic (exact) mass is 276 g/mol. The van der Waals surface area contributed by atoms with E-state index in [1.807, 2.05) is 0 Å². The minimum absolute atomic E-state index is 0.659. The highest BCUT2D eigenvalue weighted by Crippen LogP contribution is 2.14. The van der Waals surface area contributed by atoms with Gasteiger partial charge in [-0.15, -0.1) is 0 Å². The van der Waals surface area contributed by atoms with Gasteiger partial charge >= 0.3 is 0 Å². The Labute approximate surface area is 125 Å². The molecule has 0 aliphatic heterocycles. The number of nitrogens with one attached hydrogen (secondary N) is 1. The van der Waals surface area contributed by atoms with Gasteiger partial charge < -0.3 is 5.32 Å². The maximum absolute atomic E-state index is 3.49. The Hall–Kier alpha value is -0.860. The summed E-state index contributed by atoms with van der Waals surface area (Å²) in [5.41, 5.74) is 2.97. The molecule has 1 atom stereocenters. The molecule has 0 fully saturated rings. The summed E-state index contributed by atoms with van der Waals surface area (Å²) in [4.78, 5) is 2.47. The molecule has 1 aromatic carbocycles. The average Bonchev–Trinajstić information content (AvgIpc) is 2.45. The van der Waals surface area contributed by atoms with E-state index in [4.69, 9.17) is 0 Å². The van der Waals surface area contributed by atoms with E-state index in [-0.39, 0.29) is 0 Å². The van der Waals surface area contributed by atoms with E-state index in [0.29, 0.717) is 6.04 Å². The largest absolute Gasteiger partial charge is 0.316 e. The molecule has 2 heteroatoms. The summed E-state index contributed by atoms with van der Waals surface area (Å²) in [6, 6.07) is 9.54. The normalized spacial score (nSPS) is 12.8. The number of benzene rings is 1. The van der Waals surface area contributed by atoms with Crippen molar-refractivity contribution in [2.45, 2.75) is 59.0 Å². The first-order valence-corrected chi connectivity index (χ1v) is 8.16. The summed E-state index contributed by atoms with van der Waals surface area (Å²) < 4.78 is 0. The molecule has 0 saturated carbocycles. The van der Waals surface area contributed by atoms with Gasteiger partial charge in [-0.25, -0.2) is 0 Å². The second kappa shape index (κ2) is 9.95. The van der Waals surface area contributed by atoms with Gasteiger partial charge in [0, 0.05) is 12.6 Å². The van der Waals surface area contributed by atoms with E-state index in [2.05, 4.69) is 62.3 Å². The van der Waals surface area contributed by atoms with Gasteiger partial charge in [0.05, 0.1) is 0 Å². The Balaban J connectivity index is 2.56. The Morgan fingerprint density at radius 2 is 1.75 bits per heavy atom. The van der Waals surface area contributed by atoms with Gasteiger partial charge in [0.15, 0.2) is 0 Å². The van der Waals surface area contributed by atoms with Crippen LogP contribution >= 0.6 is 0 Å². The van der Waals surface area contributed by atoms with Crippen LogP contribution in [-0.2, 0) is 13.0 Å². The standard InChI is InChI=1S/C18H32N2/c1-5-9-16(3)20(4)15-18-11-8-7-10-17(18)12-14-19-13-6-2/h7-8,10-11,16,19H,5-6,9,12-15H2,1-4H3. The minimum atomic E-state index is 0.659.